The molecule has 21 heavy (non-hydrogen) atoms. The number of hydrogen-bond acceptors (Lipinski definition) is 6. The minimum absolute atomic E-state index is 0.649. The van der Waals surface area contributed by atoms with Gasteiger partial charge in [0, 0.05) is 31.9 Å². The second kappa shape index (κ2) is 6.83. The van der Waals surface area contributed by atoms with Gasteiger partial charge in [0.05, 0.1) is 5.75 Å². The van der Waals surface area contributed by atoms with Crippen LogP contribution >= 0.6 is 23.1 Å². The second-order valence-corrected chi connectivity index (χ2v) is 6.83. The predicted molar refractivity (Wildman–Crippen MR) is 90.3 cm³/mol. The number of para-hydroxylation sites is 1. The molecule has 0 spiro atoms. The standard InChI is InChI=1S/C15H16N4S2/c1-2-12-20-15-17-16-14(21-15)19-10-8-18(9-11-19)13-6-4-3-5-7-13/h1,3-7H,8-12H2. The summed E-state index contributed by atoms with van der Waals surface area (Å²) in [6, 6.07) is 10.5. The molecule has 0 aliphatic carbocycles. The van der Waals surface area contributed by atoms with E-state index in [1.807, 2.05) is 0 Å². The van der Waals surface area contributed by atoms with E-state index in [0.717, 1.165) is 35.7 Å². The van der Waals surface area contributed by atoms with Crippen LogP contribution in [0.25, 0.3) is 0 Å². The van der Waals surface area contributed by atoms with Gasteiger partial charge in [0.2, 0.25) is 5.13 Å². The number of hydrogen-bond donors (Lipinski definition) is 0. The van der Waals surface area contributed by atoms with E-state index in [1.54, 1.807) is 23.1 Å². The minimum Gasteiger partial charge on any atom is -0.368 e. The summed E-state index contributed by atoms with van der Waals surface area (Å²) in [6.45, 7) is 3.97. The Morgan fingerprint density at radius 1 is 1.10 bits per heavy atom. The van der Waals surface area contributed by atoms with Crippen LogP contribution in [-0.2, 0) is 0 Å². The Bertz CT molecular complexity index is 612. The van der Waals surface area contributed by atoms with E-state index in [0.29, 0.717) is 5.75 Å². The lowest BCUT2D eigenvalue weighted by molar-refractivity contribution is 0.649. The third kappa shape index (κ3) is 3.49. The third-order valence-corrected chi connectivity index (χ3v) is 5.37. The van der Waals surface area contributed by atoms with E-state index in [2.05, 4.69) is 56.2 Å². The zero-order valence-corrected chi connectivity index (χ0v) is 13.2. The van der Waals surface area contributed by atoms with E-state index >= 15 is 0 Å². The molecule has 1 fully saturated rings. The minimum atomic E-state index is 0.649. The van der Waals surface area contributed by atoms with Crippen molar-refractivity contribution >= 4 is 33.9 Å². The Hall–Kier alpha value is -1.71. The molecule has 1 aromatic carbocycles. The highest BCUT2D eigenvalue weighted by Gasteiger charge is 2.20. The lowest BCUT2D eigenvalue weighted by Crippen LogP contribution is -2.46. The molecule has 6 heteroatoms. The molecule has 0 N–H and O–H groups in total. The van der Waals surface area contributed by atoms with E-state index < -0.39 is 0 Å². The van der Waals surface area contributed by atoms with E-state index in [4.69, 9.17) is 6.42 Å². The molecule has 3 rings (SSSR count). The Kier molecular flexibility index (Phi) is 4.63. The van der Waals surface area contributed by atoms with Crippen LogP contribution in [0.2, 0.25) is 0 Å². The number of anilines is 2. The first-order chi connectivity index (χ1) is 10.4. The summed E-state index contributed by atoms with van der Waals surface area (Å²) in [7, 11) is 0. The first-order valence-electron chi connectivity index (χ1n) is 6.81. The molecule has 108 valence electrons. The lowest BCUT2D eigenvalue weighted by atomic mass is 10.2. The number of aromatic nitrogens is 2. The maximum absolute atomic E-state index is 5.27. The van der Waals surface area contributed by atoms with Gasteiger partial charge in [-0.3, -0.25) is 0 Å². The molecule has 1 aliphatic rings. The molecular formula is C15H16N4S2. The summed E-state index contributed by atoms with van der Waals surface area (Å²) >= 11 is 3.20. The van der Waals surface area contributed by atoms with Gasteiger partial charge in [-0.25, -0.2) is 0 Å². The maximum atomic E-state index is 5.27. The Labute approximate surface area is 133 Å². The van der Waals surface area contributed by atoms with Crippen molar-refractivity contribution in [3.63, 3.8) is 0 Å². The smallest absolute Gasteiger partial charge is 0.209 e. The molecule has 0 unspecified atom stereocenters. The van der Waals surface area contributed by atoms with Crippen molar-refractivity contribution < 1.29 is 0 Å². The SMILES string of the molecule is C#CCSc1nnc(N2CCN(c3ccccc3)CC2)s1. The molecule has 2 heterocycles. The summed E-state index contributed by atoms with van der Waals surface area (Å²) in [6.07, 6.45) is 5.27. The molecule has 0 atom stereocenters. The highest BCUT2D eigenvalue weighted by molar-refractivity contribution is 8.01. The van der Waals surface area contributed by atoms with Crippen LogP contribution in [0.1, 0.15) is 0 Å². The number of terminal acetylenes is 1. The van der Waals surface area contributed by atoms with Crippen molar-refractivity contribution in [2.45, 2.75) is 4.34 Å². The quantitative estimate of drug-likeness (QED) is 0.639. The normalized spacial score (nSPS) is 15.0. The average molecular weight is 316 g/mol. The molecule has 0 radical (unpaired) electrons. The van der Waals surface area contributed by atoms with Crippen LogP contribution in [-0.4, -0.2) is 42.1 Å². The van der Waals surface area contributed by atoms with Crippen molar-refractivity contribution in [1.29, 1.82) is 0 Å². The molecular weight excluding hydrogens is 300 g/mol. The molecule has 0 bridgehead atoms. The molecule has 1 aliphatic heterocycles. The summed E-state index contributed by atoms with van der Waals surface area (Å²) in [4.78, 5) is 4.71. The Morgan fingerprint density at radius 2 is 1.81 bits per heavy atom. The van der Waals surface area contributed by atoms with Crippen LogP contribution in [0.15, 0.2) is 34.7 Å². The topological polar surface area (TPSA) is 32.3 Å². The average Bonchev–Trinajstić information content (AvgIpc) is 3.03. The lowest BCUT2D eigenvalue weighted by Gasteiger charge is -2.35. The Morgan fingerprint density at radius 3 is 2.52 bits per heavy atom. The van der Waals surface area contributed by atoms with Crippen LogP contribution in [0, 0.1) is 12.3 Å². The fourth-order valence-corrected chi connectivity index (χ4v) is 3.86. The molecule has 1 saturated heterocycles. The number of piperazine rings is 1. The van der Waals surface area contributed by atoms with Crippen LogP contribution < -0.4 is 9.80 Å². The van der Waals surface area contributed by atoms with E-state index in [1.165, 1.54) is 5.69 Å². The fourth-order valence-electron chi connectivity index (χ4n) is 2.29. The molecule has 4 nitrogen and oxygen atoms in total. The first kappa shape index (κ1) is 14.2. The summed E-state index contributed by atoms with van der Waals surface area (Å²) < 4.78 is 0.952. The highest BCUT2D eigenvalue weighted by Crippen LogP contribution is 2.28. The van der Waals surface area contributed by atoms with Gasteiger partial charge in [0.15, 0.2) is 4.34 Å². The second-order valence-electron chi connectivity index (χ2n) is 4.65. The van der Waals surface area contributed by atoms with Crippen molar-refractivity contribution in [2.24, 2.45) is 0 Å². The number of nitrogens with zero attached hydrogens (tertiary/aromatic N) is 4. The van der Waals surface area contributed by atoms with E-state index in [-0.39, 0.29) is 0 Å². The summed E-state index contributed by atoms with van der Waals surface area (Å²) in [5.41, 5.74) is 1.29. The number of rotatable bonds is 4. The molecule has 2 aromatic rings. The largest absolute Gasteiger partial charge is 0.368 e. The zero-order chi connectivity index (χ0) is 14.5. The van der Waals surface area contributed by atoms with Gasteiger partial charge in [-0.05, 0) is 12.1 Å². The predicted octanol–water partition coefficient (Wildman–Crippen LogP) is 2.59. The van der Waals surface area contributed by atoms with Gasteiger partial charge in [-0.2, -0.15) is 0 Å². The zero-order valence-electron chi connectivity index (χ0n) is 11.6. The highest BCUT2D eigenvalue weighted by atomic mass is 32.2. The van der Waals surface area contributed by atoms with Gasteiger partial charge < -0.3 is 9.80 Å². The van der Waals surface area contributed by atoms with Gasteiger partial charge in [0.25, 0.3) is 0 Å². The van der Waals surface area contributed by atoms with Crippen molar-refractivity contribution in [2.75, 3.05) is 41.7 Å². The fraction of sp³-hybridized carbons (Fsp3) is 0.333. The summed E-state index contributed by atoms with van der Waals surface area (Å²) in [5, 5.41) is 9.47. The maximum Gasteiger partial charge on any atom is 0.209 e. The van der Waals surface area contributed by atoms with Gasteiger partial charge in [-0.1, -0.05) is 47.2 Å². The number of benzene rings is 1. The van der Waals surface area contributed by atoms with Crippen molar-refractivity contribution in [3.8, 4) is 12.3 Å². The van der Waals surface area contributed by atoms with Gasteiger partial charge in [-0.15, -0.1) is 16.6 Å². The summed E-state index contributed by atoms with van der Waals surface area (Å²) in [5.74, 6) is 3.26. The van der Waals surface area contributed by atoms with Crippen molar-refractivity contribution in [3.05, 3.63) is 30.3 Å². The number of thioether (sulfide) groups is 1. The van der Waals surface area contributed by atoms with Crippen LogP contribution in [0.5, 0.6) is 0 Å². The van der Waals surface area contributed by atoms with Gasteiger partial charge in [0.1, 0.15) is 0 Å². The molecule has 1 aromatic heterocycles. The van der Waals surface area contributed by atoms with Crippen LogP contribution in [0.3, 0.4) is 0 Å². The van der Waals surface area contributed by atoms with Gasteiger partial charge >= 0.3 is 0 Å². The monoisotopic (exact) mass is 316 g/mol. The third-order valence-electron chi connectivity index (χ3n) is 3.35. The first-order valence-corrected chi connectivity index (χ1v) is 8.62. The molecule has 0 amide bonds. The Balaban J connectivity index is 1.58. The van der Waals surface area contributed by atoms with E-state index in [9.17, 15) is 0 Å². The molecule has 0 saturated carbocycles. The van der Waals surface area contributed by atoms with Crippen LogP contribution in [0.4, 0.5) is 10.8 Å². The van der Waals surface area contributed by atoms with Crippen molar-refractivity contribution in [1.82, 2.24) is 10.2 Å².